The van der Waals surface area contributed by atoms with Gasteiger partial charge in [-0.3, -0.25) is 9.79 Å². The van der Waals surface area contributed by atoms with Crippen molar-refractivity contribution in [1.82, 2.24) is 15.4 Å². The van der Waals surface area contributed by atoms with Crippen molar-refractivity contribution in [3.63, 3.8) is 0 Å². The average Bonchev–Trinajstić information content (AvgIpc) is 3.40. The summed E-state index contributed by atoms with van der Waals surface area (Å²) in [4.78, 5) is 17.8. The first-order valence-corrected chi connectivity index (χ1v) is 11.7. The van der Waals surface area contributed by atoms with Crippen LogP contribution in [0.2, 0.25) is 0 Å². The second-order valence-electron chi connectivity index (χ2n) is 6.50. The molecule has 1 aromatic heterocycles. The van der Waals surface area contributed by atoms with E-state index in [0.717, 1.165) is 24.2 Å². The van der Waals surface area contributed by atoms with Crippen molar-refractivity contribution in [2.45, 2.75) is 23.6 Å². The van der Waals surface area contributed by atoms with Gasteiger partial charge >= 0.3 is 0 Å². The lowest BCUT2D eigenvalue weighted by Gasteiger charge is -2.16. The fourth-order valence-corrected chi connectivity index (χ4v) is 5.04. The molecule has 1 aromatic carbocycles. The number of aliphatic imine (C=N–C) groups is 1. The van der Waals surface area contributed by atoms with Crippen LogP contribution in [-0.2, 0) is 21.4 Å². The number of hydrogen-bond donors (Lipinski definition) is 3. The van der Waals surface area contributed by atoms with Crippen molar-refractivity contribution < 1.29 is 13.2 Å². The summed E-state index contributed by atoms with van der Waals surface area (Å²) in [6, 6.07) is 11.2. The smallest absolute Gasteiger partial charge is 0.250 e. The lowest BCUT2D eigenvalue weighted by molar-refractivity contribution is -0.117. The van der Waals surface area contributed by atoms with Crippen molar-refractivity contribution in [2.24, 2.45) is 4.99 Å². The Morgan fingerprint density at radius 3 is 2.59 bits per heavy atom. The third-order valence-corrected chi connectivity index (χ3v) is 7.33. The van der Waals surface area contributed by atoms with Crippen molar-refractivity contribution in [1.29, 1.82) is 0 Å². The fraction of sp³-hybridized carbons (Fsp3) is 0.368. The van der Waals surface area contributed by atoms with Crippen molar-refractivity contribution in [2.75, 3.05) is 31.6 Å². The molecule has 1 aliphatic rings. The second kappa shape index (κ2) is 9.86. The van der Waals surface area contributed by atoms with E-state index in [2.05, 4.69) is 20.3 Å². The number of anilines is 1. The third kappa shape index (κ3) is 5.78. The second-order valence-corrected chi connectivity index (χ2v) is 9.44. The normalized spacial score (nSPS) is 15.0. The lowest BCUT2D eigenvalue weighted by atomic mass is 10.2. The van der Waals surface area contributed by atoms with Crippen LogP contribution in [0.5, 0.6) is 0 Å². The minimum atomic E-state index is -3.45. The van der Waals surface area contributed by atoms with Gasteiger partial charge in [-0.1, -0.05) is 18.2 Å². The average molecular weight is 436 g/mol. The van der Waals surface area contributed by atoms with E-state index < -0.39 is 10.0 Å². The molecule has 0 radical (unpaired) electrons. The molecule has 3 rings (SSSR count). The zero-order valence-electron chi connectivity index (χ0n) is 16.2. The van der Waals surface area contributed by atoms with E-state index in [1.165, 1.54) is 11.3 Å². The summed E-state index contributed by atoms with van der Waals surface area (Å²) >= 11 is 1.18. The minimum absolute atomic E-state index is 0.176. The monoisotopic (exact) mass is 435 g/mol. The molecule has 0 atom stereocenters. The van der Waals surface area contributed by atoms with Crippen LogP contribution in [0.25, 0.3) is 0 Å². The van der Waals surface area contributed by atoms with E-state index in [0.29, 0.717) is 29.7 Å². The highest BCUT2D eigenvalue weighted by molar-refractivity contribution is 7.91. The van der Waals surface area contributed by atoms with Gasteiger partial charge in [0, 0.05) is 45.3 Å². The minimum Gasteiger partial charge on any atom is -0.355 e. The van der Waals surface area contributed by atoms with E-state index >= 15 is 0 Å². The predicted octanol–water partition coefficient (Wildman–Crippen LogP) is 1.52. The summed E-state index contributed by atoms with van der Waals surface area (Å²) < 4.78 is 27.0. The molecular weight excluding hydrogens is 410 g/mol. The first-order valence-electron chi connectivity index (χ1n) is 9.36. The van der Waals surface area contributed by atoms with E-state index in [1.54, 1.807) is 24.6 Å². The molecule has 3 N–H and O–H groups in total. The van der Waals surface area contributed by atoms with Gasteiger partial charge in [-0.15, -0.1) is 11.3 Å². The highest BCUT2D eigenvalue weighted by Gasteiger charge is 2.21. The number of sulfonamides is 1. The topological polar surface area (TPSA) is 103 Å². The maximum Gasteiger partial charge on any atom is 0.250 e. The van der Waals surface area contributed by atoms with Gasteiger partial charge in [-0.05, 0) is 35.6 Å². The molecule has 29 heavy (non-hydrogen) atoms. The molecule has 1 aliphatic heterocycles. The van der Waals surface area contributed by atoms with Gasteiger partial charge in [0.15, 0.2) is 5.96 Å². The molecule has 10 heteroatoms. The summed E-state index contributed by atoms with van der Waals surface area (Å²) in [6.45, 7) is 2.00. The molecular formula is C19H25N5O3S2. The van der Waals surface area contributed by atoms with Crippen LogP contribution in [-0.4, -0.2) is 47.0 Å². The Balaban J connectivity index is 1.42. The molecule has 0 bridgehead atoms. The number of benzene rings is 1. The number of carbonyl (C=O) groups is 1. The first kappa shape index (κ1) is 21.3. The van der Waals surface area contributed by atoms with E-state index in [4.69, 9.17) is 0 Å². The summed E-state index contributed by atoms with van der Waals surface area (Å²) in [5, 5.41) is 8.00. The number of amides is 1. The van der Waals surface area contributed by atoms with Crippen LogP contribution in [0, 0.1) is 0 Å². The van der Waals surface area contributed by atoms with Crippen molar-refractivity contribution in [3.05, 3.63) is 47.3 Å². The number of hydrogen-bond acceptors (Lipinski definition) is 5. The molecule has 0 unspecified atom stereocenters. The molecule has 156 valence electrons. The van der Waals surface area contributed by atoms with Crippen LogP contribution in [0.3, 0.4) is 0 Å². The largest absolute Gasteiger partial charge is 0.355 e. The van der Waals surface area contributed by atoms with Gasteiger partial charge < -0.3 is 15.5 Å². The summed E-state index contributed by atoms with van der Waals surface area (Å²) in [7, 11) is -1.79. The zero-order chi connectivity index (χ0) is 20.7. The summed E-state index contributed by atoms with van der Waals surface area (Å²) in [5.74, 6) is 0.759. The SMILES string of the molecule is CN=C(NCCNS(=O)(=O)c1cccs1)NCc1ccc(N2CCCC2=O)cc1. The van der Waals surface area contributed by atoms with Crippen LogP contribution in [0.15, 0.2) is 51.0 Å². The fourth-order valence-electron chi connectivity index (χ4n) is 2.98. The molecule has 1 amide bonds. The standard InChI is InChI=1S/C19H25N5O3S2/c1-20-19(21-10-11-23-29(26,27)18-5-3-13-28-18)22-14-15-6-8-16(9-7-15)24-12-2-4-17(24)25/h3,5-9,13,23H,2,4,10-12,14H2,1H3,(H2,20,21,22). The summed E-state index contributed by atoms with van der Waals surface area (Å²) in [5.41, 5.74) is 1.98. The summed E-state index contributed by atoms with van der Waals surface area (Å²) in [6.07, 6.45) is 1.53. The van der Waals surface area contributed by atoms with Crippen LogP contribution in [0.4, 0.5) is 5.69 Å². The van der Waals surface area contributed by atoms with Crippen molar-refractivity contribution in [3.8, 4) is 0 Å². The van der Waals surface area contributed by atoms with E-state index in [1.807, 2.05) is 29.2 Å². The number of nitrogens with zero attached hydrogens (tertiary/aromatic N) is 2. The maximum absolute atomic E-state index is 12.1. The number of nitrogens with one attached hydrogen (secondary N) is 3. The van der Waals surface area contributed by atoms with Crippen LogP contribution < -0.4 is 20.3 Å². The Labute approximate surface area is 175 Å². The molecule has 0 aliphatic carbocycles. The number of guanidine groups is 1. The Morgan fingerprint density at radius 2 is 1.97 bits per heavy atom. The Kier molecular flexibility index (Phi) is 7.24. The van der Waals surface area contributed by atoms with Gasteiger partial charge in [0.2, 0.25) is 15.9 Å². The predicted molar refractivity (Wildman–Crippen MR) is 116 cm³/mol. The Hall–Kier alpha value is -2.43. The quantitative estimate of drug-likeness (QED) is 0.331. The van der Waals surface area contributed by atoms with Gasteiger partial charge in [-0.2, -0.15) is 0 Å². The number of rotatable bonds is 8. The van der Waals surface area contributed by atoms with Crippen molar-refractivity contribution >= 4 is 38.9 Å². The maximum atomic E-state index is 12.1. The molecule has 0 saturated carbocycles. The molecule has 0 spiro atoms. The van der Waals surface area contributed by atoms with Gasteiger partial charge in [0.25, 0.3) is 0 Å². The van der Waals surface area contributed by atoms with Crippen LogP contribution in [0.1, 0.15) is 18.4 Å². The van der Waals surface area contributed by atoms with Gasteiger partial charge in [0.1, 0.15) is 4.21 Å². The third-order valence-electron chi connectivity index (χ3n) is 4.47. The van der Waals surface area contributed by atoms with Gasteiger partial charge in [0.05, 0.1) is 0 Å². The van der Waals surface area contributed by atoms with Gasteiger partial charge in [-0.25, -0.2) is 13.1 Å². The number of thiophene rings is 1. The highest BCUT2D eigenvalue weighted by atomic mass is 32.2. The van der Waals surface area contributed by atoms with Crippen LogP contribution >= 0.6 is 11.3 Å². The number of carbonyl (C=O) groups excluding carboxylic acids is 1. The van der Waals surface area contributed by atoms with E-state index in [-0.39, 0.29) is 12.5 Å². The highest BCUT2D eigenvalue weighted by Crippen LogP contribution is 2.21. The Bertz CT molecular complexity index is 941. The molecule has 8 nitrogen and oxygen atoms in total. The molecule has 2 aromatic rings. The molecule has 1 fully saturated rings. The lowest BCUT2D eigenvalue weighted by Crippen LogP contribution is -2.41. The molecule has 1 saturated heterocycles. The first-order chi connectivity index (χ1) is 14.0. The zero-order valence-corrected chi connectivity index (χ0v) is 17.9. The molecule has 2 heterocycles. The Morgan fingerprint density at radius 1 is 1.17 bits per heavy atom. The van der Waals surface area contributed by atoms with E-state index in [9.17, 15) is 13.2 Å².